The molecule has 252 valence electrons. The summed E-state index contributed by atoms with van der Waals surface area (Å²) in [6, 6.07) is 0. The molecule has 0 spiro atoms. The zero-order valence-electron chi connectivity index (χ0n) is 27.9. The molecule has 10 nitrogen and oxygen atoms in total. The van der Waals surface area contributed by atoms with Gasteiger partial charge in [0.1, 0.15) is 0 Å². The average Bonchev–Trinajstić information content (AvgIpc) is 3.30. The zero-order chi connectivity index (χ0) is 33.0. The van der Waals surface area contributed by atoms with Crippen LogP contribution in [-0.2, 0) is 24.5 Å². The number of carbonyl (C=O) groups is 3. The molecule has 0 aromatic heterocycles. The number of aliphatic carboxylic acids is 1. The van der Waals surface area contributed by atoms with Crippen molar-refractivity contribution in [1.82, 2.24) is 5.32 Å². The van der Waals surface area contributed by atoms with Crippen LogP contribution in [0, 0.1) is 35.5 Å². The number of quaternary nitrogens is 1. The molecule has 1 fully saturated rings. The van der Waals surface area contributed by atoms with Gasteiger partial charge in [0.2, 0.25) is 11.8 Å². The van der Waals surface area contributed by atoms with Crippen LogP contribution in [0.1, 0.15) is 113 Å². The van der Waals surface area contributed by atoms with Crippen LogP contribution in [0.25, 0.3) is 0 Å². The largest absolute Gasteiger partial charge is 0.481 e. The van der Waals surface area contributed by atoms with Crippen molar-refractivity contribution in [1.29, 1.82) is 0 Å². The molecule has 1 aliphatic carbocycles. The van der Waals surface area contributed by atoms with Crippen LogP contribution in [0.5, 0.6) is 0 Å². The molecule has 0 heterocycles. The SMILES string of the molecule is CCC[N+](CCC)(CCC)CC(C)CC(CC1CCCC1C(CC(CC)C(N)=O)C(=O)O)C(=O)NC(C)(C)CS(=O)(=O)O. The lowest BCUT2D eigenvalue weighted by atomic mass is 9.74. The number of rotatable bonds is 22. The Morgan fingerprint density at radius 3 is 1.98 bits per heavy atom. The second-order valence-electron chi connectivity index (χ2n) is 14.1. The van der Waals surface area contributed by atoms with Crippen molar-refractivity contribution in [2.45, 2.75) is 118 Å². The summed E-state index contributed by atoms with van der Waals surface area (Å²) in [5.74, 6) is -3.92. The van der Waals surface area contributed by atoms with E-state index in [0.717, 1.165) is 69.2 Å². The van der Waals surface area contributed by atoms with E-state index in [0.29, 0.717) is 19.3 Å². The Morgan fingerprint density at radius 1 is 0.977 bits per heavy atom. The number of hydrogen-bond donors (Lipinski definition) is 4. The first-order valence-corrected chi connectivity index (χ1v) is 18.2. The summed E-state index contributed by atoms with van der Waals surface area (Å²) in [7, 11) is -4.31. The van der Waals surface area contributed by atoms with Gasteiger partial charge < -0.3 is 20.6 Å². The smallest absolute Gasteiger partial charge is 0.306 e. The molecule has 0 aromatic rings. The summed E-state index contributed by atoms with van der Waals surface area (Å²) < 4.78 is 33.8. The lowest BCUT2D eigenvalue weighted by molar-refractivity contribution is -0.931. The minimum Gasteiger partial charge on any atom is -0.481 e. The highest BCUT2D eigenvalue weighted by Crippen LogP contribution is 2.44. The molecule has 6 unspecified atom stereocenters. The normalized spacial score (nSPS) is 20.7. The fourth-order valence-corrected chi connectivity index (χ4v) is 8.98. The van der Waals surface area contributed by atoms with E-state index in [9.17, 15) is 32.5 Å². The number of nitrogens with two attached hydrogens (primary N) is 1. The van der Waals surface area contributed by atoms with Gasteiger partial charge in [0, 0.05) is 17.8 Å². The number of nitrogens with one attached hydrogen (secondary N) is 1. The number of carboxylic acid groups (broad SMARTS) is 1. The molecule has 6 atom stereocenters. The van der Waals surface area contributed by atoms with Crippen molar-refractivity contribution in [2.75, 3.05) is 31.9 Å². The summed E-state index contributed by atoms with van der Waals surface area (Å²) in [5.41, 5.74) is 4.40. The molecule has 5 N–H and O–H groups in total. The Labute approximate surface area is 261 Å². The zero-order valence-corrected chi connectivity index (χ0v) is 28.8. The number of amides is 2. The molecule has 1 aliphatic rings. The minimum absolute atomic E-state index is 0.0136. The van der Waals surface area contributed by atoms with Crippen LogP contribution in [0.4, 0.5) is 0 Å². The quantitative estimate of drug-likeness (QED) is 0.0977. The van der Waals surface area contributed by atoms with E-state index < -0.39 is 51.0 Å². The van der Waals surface area contributed by atoms with Gasteiger partial charge in [0.15, 0.2) is 0 Å². The number of primary amides is 1. The molecule has 1 saturated carbocycles. The molecule has 11 heteroatoms. The number of nitrogens with zero attached hydrogens (tertiary/aromatic N) is 1. The standard InChI is InChI=1S/C32H61N3O7S/c1-8-15-35(16-9-2,17-10-3)21-23(5)18-26(30(37)34-32(6,7)22-43(40,41)42)19-25-13-12-14-27(25)28(31(38)39)20-24(11-4)29(33)36/h23-28H,8-22H2,1-7H3,(H4-,33,34,36,37,38,39,40,41,42)/p+1. The van der Waals surface area contributed by atoms with E-state index in [1.165, 1.54) is 0 Å². The summed E-state index contributed by atoms with van der Waals surface area (Å²) in [6.45, 7) is 18.0. The maximum atomic E-state index is 13.9. The Balaban J connectivity index is 3.34. The first-order chi connectivity index (χ1) is 19.9. The van der Waals surface area contributed by atoms with E-state index in [-0.39, 0.29) is 30.1 Å². The van der Waals surface area contributed by atoms with Crippen LogP contribution in [-0.4, -0.2) is 77.8 Å². The molecule has 0 radical (unpaired) electrons. The molecule has 0 aromatic carbocycles. The van der Waals surface area contributed by atoms with Crippen molar-refractivity contribution >= 4 is 27.9 Å². The number of carboxylic acids is 1. The molecule has 43 heavy (non-hydrogen) atoms. The molecule has 0 saturated heterocycles. The summed E-state index contributed by atoms with van der Waals surface area (Å²) in [6.07, 6.45) is 7.38. The number of carbonyl (C=O) groups excluding carboxylic acids is 2. The van der Waals surface area contributed by atoms with Crippen LogP contribution in [0.3, 0.4) is 0 Å². The molecule has 0 bridgehead atoms. The Morgan fingerprint density at radius 2 is 1.53 bits per heavy atom. The van der Waals surface area contributed by atoms with Crippen molar-refractivity contribution < 1.29 is 36.9 Å². The molecule has 0 aliphatic heterocycles. The van der Waals surface area contributed by atoms with Gasteiger partial charge in [-0.1, -0.05) is 47.5 Å². The van der Waals surface area contributed by atoms with Gasteiger partial charge in [-0.25, -0.2) is 0 Å². The molecule has 1 rings (SSSR count). The van der Waals surface area contributed by atoms with Crippen molar-refractivity contribution in [3.63, 3.8) is 0 Å². The first-order valence-electron chi connectivity index (χ1n) is 16.6. The second-order valence-corrected chi connectivity index (χ2v) is 15.6. The van der Waals surface area contributed by atoms with Gasteiger partial charge in [0.25, 0.3) is 10.1 Å². The second kappa shape index (κ2) is 17.7. The van der Waals surface area contributed by atoms with E-state index in [2.05, 4.69) is 33.0 Å². The Hall–Kier alpha value is -1.72. The van der Waals surface area contributed by atoms with Crippen LogP contribution >= 0.6 is 0 Å². The third-order valence-corrected chi connectivity index (χ3v) is 10.5. The maximum Gasteiger partial charge on any atom is 0.306 e. The predicted octanol–water partition coefficient (Wildman–Crippen LogP) is 4.87. The van der Waals surface area contributed by atoms with Gasteiger partial charge in [-0.2, -0.15) is 8.42 Å². The first kappa shape index (κ1) is 39.3. The van der Waals surface area contributed by atoms with Crippen molar-refractivity contribution in [3.05, 3.63) is 0 Å². The van der Waals surface area contributed by atoms with Gasteiger partial charge in [-0.3, -0.25) is 18.9 Å². The highest BCUT2D eigenvalue weighted by molar-refractivity contribution is 7.85. The minimum atomic E-state index is -4.31. The predicted molar refractivity (Wildman–Crippen MR) is 171 cm³/mol. The summed E-state index contributed by atoms with van der Waals surface area (Å²) in [5, 5.41) is 13.1. The van der Waals surface area contributed by atoms with E-state index >= 15 is 0 Å². The van der Waals surface area contributed by atoms with Gasteiger partial charge >= 0.3 is 5.97 Å². The number of hydrogen-bond acceptors (Lipinski definition) is 5. The van der Waals surface area contributed by atoms with Gasteiger partial charge in [0.05, 0.1) is 43.4 Å². The van der Waals surface area contributed by atoms with Crippen LogP contribution in [0.2, 0.25) is 0 Å². The lowest BCUT2D eigenvalue weighted by Gasteiger charge is -2.41. The summed E-state index contributed by atoms with van der Waals surface area (Å²) >= 11 is 0. The summed E-state index contributed by atoms with van der Waals surface area (Å²) in [4.78, 5) is 38.3. The molecular formula is C32H62N3O7S+. The highest BCUT2D eigenvalue weighted by atomic mass is 32.2. The highest BCUT2D eigenvalue weighted by Gasteiger charge is 2.42. The third-order valence-electron chi connectivity index (χ3n) is 9.43. The third kappa shape index (κ3) is 13.4. The monoisotopic (exact) mass is 632 g/mol. The van der Waals surface area contributed by atoms with Crippen molar-refractivity contribution in [3.8, 4) is 0 Å². The maximum absolute atomic E-state index is 13.9. The van der Waals surface area contributed by atoms with Crippen LogP contribution in [0.15, 0.2) is 0 Å². The molecular weight excluding hydrogens is 570 g/mol. The van der Waals surface area contributed by atoms with E-state index in [4.69, 9.17) is 5.73 Å². The fourth-order valence-electron chi connectivity index (χ4n) is 7.99. The molecule has 2 amide bonds. The van der Waals surface area contributed by atoms with Gasteiger partial charge in [-0.15, -0.1) is 0 Å². The fraction of sp³-hybridized carbons (Fsp3) is 0.906. The van der Waals surface area contributed by atoms with Gasteiger partial charge in [-0.05, 0) is 77.0 Å². The lowest BCUT2D eigenvalue weighted by Crippen LogP contribution is -2.53. The Kier molecular flexibility index (Phi) is 16.2. The van der Waals surface area contributed by atoms with Crippen LogP contribution < -0.4 is 11.1 Å². The van der Waals surface area contributed by atoms with Crippen molar-refractivity contribution in [2.24, 2.45) is 41.2 Å². The van der Waals surface area contributed by atoms with E-state index in [1.54, 1.807) is 13.8 Å². The average molecular weight is 633 g/mol. The topological polar surface area (TPSA) is 164 Å². The van der Waals surface area contributed by atoms with E-state index in [1.807, 2.05) is 6.92 Å². The Bertz CT molecular complexity index is 984.